The van der Waals surface area contributed by atoms with E-state index in [0.29, 0.717) is 0 Å². The fourth-order valence-corrected chi connectivity index (χ4v) is 7.96. The van der Waals surface area contributed by atoms with Crippen molar-refractivity contribution in [3.05, 3.63) is 146 Å². The summed E-state index contributed by atoms with van der Waals surface area (Å²) in [5.41, 5.74) is 6.89. The molecule has 2 heteroatoms. The summed E-state index contributed by atoms with van der Waals surface area (Å²) in [5.74, 6) is 0.915. The number of hydrogen-bond acceptors (Lipinski definition) is 2. The summed E-state index contributed by atoms with van der Waals surface area (Å²) in [4.78, 5) is 0. The van der Waals surface area contributed by atoms with Crippen LogP contribution in [0, 0.1) is 0 Å². The van der Waals surface area contributed by atoms with Crippen LogP contribution in [0.25, 0.3) is 86.3 Å². The maximum absolute atomic E-state index is 6.86. The molecule has 0 aliphatic heterocycles. The van der Waals surface area contributed by atoms with Gasteiger partial charge in [-0.3, -0.25) is 0 Å². The molecule has 0 saturated heterocycles. The van der Waals surface area contributed by atoms with Crippen molar-refractivity contribution >= 4 is 64.0 Å². The van der Waals surface area contributed by atoms with Gasteiger partial charge in [-0.2, -0.15) is 0 Å². The quantitative estimate of drug-likeness (QED) is 0.199. The Kier molecular flexibility index (Phi) is 5.13. The molecule has 0 amide bonds. The van der Waals surface area contributed by atoms with Crippen LogP contribution in [0.1, 0.15) is 0 Å². The molecule has 196 valence electrons. The molecule has 42 heavy (non-hydrogen) atoms. The second-order valence-corrected chi connectivity index (χ2v) is 11.8. The van der Waals surface area contributed by atoms with Crippen LogP contribution in [0.5, 0.6) is 0 Å². The van der Waals surface area contributed by atoms with Crippen LogP contribution in [0.2, 0.25) is 0 Å². The van der Waals surface area contributed by atoms with E-state index in [0.717, 1.165) is 16.9 Å². The standard InChI is InChI=1S/C40H24OS/c1-3-13-25(14-4-1)35-28-18-7-9-20-30(28)36(31-21-10-8-19-29(31)35)38-37-33(41-39(38)26-15-5-2-6-16-26)24-23-32-27-17-11-12-22-34(27)42-40(32)37/h1-24H. The van der Waals surface area contributed by atoms with E-state index in [9.17, 15) is 0 Å². The van der Waals surface area contributed by atoms with E-state index in [-0.39, 0.29) is 0 Å². The van der Waals surface area contributed by atoms with Crippen molar-refractivity contribution in [1.29, 1.82) is 0 Å². The second-order valence-electron chi connectivity index (χ2n) is 10.8. The minimum Gasteiger partial charge on any atom is -0.455 e. The van der Waals surface area contributed by atoms with Crippen LogP contribution in [0.3, 0.4) is 0 Å². The Morgan fingerprint density at radius 2 is 0.905 bits per heavy atom. The Labute approximate surface area is 246 Å². The van der Waals surface area contributed by atoms with E-state index >= 15 is 0 Å². The predicted octanol–water partition coefficient (Wildman–Crippen LogP) is 12.1. The molecule has 9 rings (SSSR count). The lowest BCUT2D eigenvalue weighted by molar-refractivity contribution is 0.633. The normalized spacial score (nSPS) is 11.8. The minimum atomic E-state index is 0.915. The van der Waals surface area contributed by atoms with Crippen molar-refractivity contribution in [3.63, 3.8) is 0 Å². The van der Waals surface area contributed by atoms with Gasteiger partial charge in [0.25, 0.3) is 0 Å². The number of hydrogen-bond donors (Lipinski definition) is 0. The molecule has 0 spiro atoms. The van der Waals surface area contributed by atoms with Crippen LogP contribution >= 0.6 is 11.3 Å². The van der Waals surface area contributed by atoms with E-state index in [4.69, 9.17) is 4.42 Å². The Bertz CT molecular complexity index is 2390. The number of benzene rings is 7. The van der Waals surface area contributed by atoms with Gasteiger partial charge in [0.05, 0.1) is 0 Å². The molecule has 0 fully saturated rings. The monoisotopic (exact) mass is 552 g/mol. The molecule has 2 heterocycles. The summed E-state index contributed by atoms with van der Waals surface area (Å²) in [5, 5.41) is 8.71. The van der Waals surface area contributed by atoms with Gasteiger partial charge in [0.2, 0.25) is 0 Å². The Morgan fingerprint density at radius 3 is 1.55 bits per heavy atom. The Hall–Kier alpha value is -5.18. The van der Waals surface area contributed by atoms with E-state index in [2.05, 4.69) is 146 Å². The van der Waals surface area contributed by atoms with Gasteiger partial charge in [-0.25, -0.2) is 0 Å². The molecule has 0 saturated carbocycles. The fourth-order valence-electron chi connectivity index (χ4n) is 6.71. The largest absolute Gasteiger partial charge is 0.455 e. The van der Waals surface area contributed by atoms with Crippen molar-refractivity contribution in [1.82, 2.24) is 0 Å². The average Bonchev–Trinajstić information content (AvgIpc) is 3.63. The molecule has 0 bridgehead atoms. The van der Waals surface area contributed by atoms with Crippen LogP contribution < -0.4 is 0 Å². The first-order valence-corrected chi connectivity index (χ1v) is 15.1. The predicted molar refractivity (Wildman–Crippen MR) is 180 cm³/mol. The molecule has 0 atom stereocenters. The highest BCUT2D eigenvalue weighted by Gasteiger charge is 2.26. The molecular weight excluding hydrogens is 529 g/mol. The molecule has 0 N–H and O–H groups in total. The first-order valence-electron chi connectivity index (χ1n) is 14.3. The van der Waals surface area contributed by atoms with Gasteiger partial charge >= 0.3 is 0 Å². The topological polar surface area (TPSA) is 13.1 Å². The highest BCUT2D eigenvalue weighted by molar-refractivity contribution is 7.26. The summed E-state index contributed by atoms with van der Waals surface area (Å²) in [6.45, 7) is 0. The van der Waals surface area contributed by atoms with Crippen molar-refractivity contribution < 1.29 is 4.42 Å². The number of fused-ring (bicyclic) bond motifs is 7. The lowest BCUT2D eigenvalue weighted by Gasteiger charge is -2.18. The van der Waals surface area contributed by atoms with Gasteiger partial charge in [-0.1, -0.05) is 127 Å². The Morgan fingerprint density at radius 1 is 0.381 bits per heavy atom. The molecule has 9 aromatic rings. The van der Waals surface area contributed by atoms with Gasteiger partial charge in [-0.15, -0.1) is 11.3 Å². The second kappa shape index (κ2) is 9.17. The molecule has 0 unspecified atom stereocenters. The summed E-state index contributed by atoms with van der Waals surface area (Å²) in [6, 6.07) is 52.2. The molecule has 0 aliphatic carbocycles. The summed E-state index contributed by atoms with van der Waals surface area (Å²) in [6.07, 6.45) is 0. The zero-order valence-electron chi connectivity index (χ0n) is 22.7. The maximum atomic E-state index is 6.86. The smallest absolute Gasteiger partial charge is 0.143 e. The van der Waals surface area contributed by atoms with E-state index in [1.54, 1.807) is 0 Å². The minimum absolute atomic E-state index is 0.915. The fraction of sp³-hybridized carbons (Fsp3) is 0. The van der Waals surface area contributed by atoms with Crippen molar-refractivity contribution in [2.24, 2.45) is 0 Å². The number of furan rings is 1. The summed E-state index contributed by atoms with van der Waals surface area (Å²) < 4.78 is 9.43. The van der Waals surface area contributed by atoms with Crippen LogP contribution in [0.15, 0.2) is 150 Å². The van der Waals surface area contributed by atoms with Crippen molar-refractivity contribution in [2.45, 2.75) is 0 Å². The average molecular weight is 553 g/mol. The molecule has 2 aromatic heterocycles. The van der Waals surface area contributed by atoms with E-state index in [1.807, 2.05) is 11.3 Å². The summed E-state index contributed by atoms with van der Waals surface area (Å²) in [7, 11) is 0. The lowest BCUT2D eigenvalue weighted by atomic mass is 9.84. The van der Waals surface area contributed by atoms with E-state index < -0.39 is 0 Å². The van der Waals surface area contributed by atoms with Crippen LogP contribution in [0.4, 0.5) is 0 Å². The zero-order chi connectivity index (χ0) is 27.6. The SMILES string of the molecule is c1ccc(-c2oc3ccc4c5ccccc5sc4c3c2-c2c3ccccc3c(-c3ccccc3)c3ccccc23)cc1. The molecule has 0 aliphatic rings. The van der Waals surface area contributed by atoms with Gasteiger partial charge in [0.15, 0.2) is 0 Å². The zero-order valence-corrected chi connectivity index (χ0v) is 23.5. The molecule has 1 nitrogen and oxygen atoms in total. The maximum Gasteiger partial charge on any atom is 0.143 e. The van der Waals surface area contributed by atoms with Gasteiger partial charge in [-0.05, 0) is 50.9 Å². The van der Waals surface area contributed by atoms with Crippen molar-refractivity contribution in [3.8, 4) is 33.6 Å². The number of thiophene rings is 1. The first-order chi connectivity index (χ1) is 20.9. The van der Waals surface area contributed by atoms with E-state index in [1.165, 1.54) is 69.4 Å². The first kappa shape index (κ1) is 23.5. The summed E-state index contributed by atoms with van der Waals surface area (Å²) >= 11 is 1.86. The third kappa shape index (κ3) is 3.36. The van der Waals surface area contributed by atoms with Crippen LogP contribution in [-0.4, -0.2) is 0 Å². The highest BCUT2D eigenvalue weighted by Crippen LogP contribution is 2.52. The third-order valence-electron chi connectivity index (χ3n) is 8.48. The highest BCUT2D eigenvalue weighted by atomic mass is 32.1. The van der Waals surface area contributed by atoms with Gasteiger partial charge < -0.3 is 4.42 Å². The molecule has 0 radical (unpaired) electrons. The number of rotatable bonds is 3. The van der Waals surface area contributed by atoms with Crippen molar-refractivity contribution in [2.75, 3.05) is 0 Å². The lowest BCUT2D eigenvalue weighted by Crippen LogP contribution is -1.91. The Balaban J connectivity index is 1.53. The molecule has 7 aromatic carbocycles. The van der Waals surface area contributed by atoms with Gasteiger partial charge in [0.1, 0.15) is 11.3 Å². The van der Waals surface area contributed by atoms with Gasteiger partial charge in [0, 0.05) is 42.2 Å². The van der Waals surface area contributed by atoms with Crippen LogP contribution in [-0.2, 0) is 0 Å². The third-order valence-corrected chi connectivity index (χ3v) is 9.68. The molecular formula is C40H24OS.